The molecule has 0 atom stereocenters. The van der Waals surface area contributed by atoms with E-state index in [-0.39, 0.29) is 17.0 Å². The summed E-state index contributed by atoms with van der Waals surface area (Å²) in [6.45, 7) is 4.07. The van der Waals surface area contributed by atoms with Crippen molar-refractivity contribution in [3.8, 4) is 0 Å². The van der Waals surface area contributed by atoms with Crippen LogP contribution in [0.3, 0.4) is 0 Å². The van der Waals surface area contributed by atoms with Gasteiger partial charge in [0.25, 0.3) is 0 Å². The third-order valence-electron chi connectivity index (χ3n) is 3.23. The van der Waals surface area contributed by atoms with Crippen molar-refractivity contribution in [3.05, 3.63) is 16.3 Å². The lowest BCUT2D eigenvalue weighted by Crippen LogP contribution is -2.34. The molecule has 0 radical (unpaired) electrons. The van der Waals surface area contributed by atoms with Crippen LogP contribution >= 0.6 is 0 Å². The minimum absolute atomic E-state index is 0.0947. The van der Waals surface area contributed by atoms with E-state index in [1.54, 1.807) is 7.05 Å². The predicted octanol–water partition coefficient (Wildman–Crippen LogP) is 2.03. The number of anilines is 2. The lowest BCUT2D eigenvalue weighted by Gasteiger charge is -2.26. The summed E-state index contributed by atoms with van der Waals surface area (Å²) in [5.41, 5.74) is -0.285. The molecule has 1 aromatic rings. The molecular formula is C11H17N5O2. The van der Waals surface area contributed by atoms with Crippen LogP contribution in [0.4, 0.5) is 17.5 Å². The van der Waals surface area contributed by atoms with Gasteiger partial charge in [-0.1, -0.05) is 0 Å². The maximum Gasteiger partial charge on any atom is 0.329 e. The molecule has 1 fully saturated rings. The van der Waals surface area contributed by atoms with Gasteiger partial charge in [0.1, 0.15) is 6.20 Å². The van der Waals surface area contributed by atoms with Crippen LogP contribution in [0.15, 0.2) is 6.20 Å². The van der Waals surface area contributed by atoms with E-state index >= 15 is 0 Å². The van der Waals surface area contributed by atoms with Gasteiger partial charge in [-0.05, 0) is 32.6 Å². The zero-order chi connectivity index (χ0) is 13.3. The summed E-state index contributed by atoms with van der Waals surface area (Å²) < 4.78 is 0. The van der Waals surface area contributed by atoms with Crippen LogP contribution in [0.1, 0.15) is 26.7 Å². The van der Waals surface area contributed by atoms with Gasteiger partial charge in [-0.25, -0.2) is 4.98 Å². The second-order valence-electron chi connectivity index (χ2n) is 5.06. The van der Waals surface area contributed by atoms with Crippen molar-refractivity contribution in [2.45, 2.75) is 32.2 Å². The fourth-order valence-electron chi connectivity index (χ4n) is 1.93. The Labute approximate surface area is 105 Å². The summed E-state index contributed by atoms with van der Waals surface area (Å²) in [6, 6.07) is 0. The van der Waals surface area contributed by atoms with Gasteiger partial charge in [-0.15, -0.1) is 0 Å². The average molecular weight is 251 g/mol. The Morgan fingerprint density at radius 2 is 2.17 bits per heavy atom. The molecular weight excluding hydrogens is 234 g/mol. The van der Waals surface area contributed by atoms with E-state index < -0.39 is 4.92 Å². The van der Waals surface area contributed by atoms with Gasteiger partial charge in [0.05, 0.1) is 4.92 Å². The van der Waals surface area contributed by atoms with E-state index in [4.69, 9.17) is 0 Å². The van der Waals surface area contributed by atoms with Crippen molar-refractivity contribution in [2.24, 2.45) is 5.92 Å². The van der Waals surface area contributed by atoms with Gasteiger partial charge in [0, 0.05) is 12.6 Å². The molecule has 1 aromatic heterocycles. The summed E-state index contributed by atoms with van der Waals surface area (Å²) in [4.78, 5) is 18.5. The number of nitrogens with zero attached hydrogens (tertiary/aromatic N) is 3. The van der Waals surface area contributed by atoms with Crippen molar-refractivity contribution in [2.75, 3.05) is 17.7 Å². The molecule has 0 spiro atoms. The monoisotopic (exact) mass is 251 g/mol. The minimum Gasteiger partial charge on any atom is -0.359 e. The lowest BCUT2D eigenvalue weighted by atomic mass is 9.99. The van der Waals surface area contributed by atoms with Crippen molar-refractivity contribution < 1.29 is 4.92 Å². The Kier molecular flexibility index (Phi) is 3.06. The van der Waals surface area contributed by atoms with Crippen LogP contribution in [-0.4, -0.2) is 27.5 Å². The summed E-state index contributed by atoms with van der Waals surface area (Å²) >= 11 is 0. The van der Waals surface area contributed by atoms with Gasteiger partial charge in [0.15, 0.2) is 0 Å². The molecule has 7 nitrogen and oxygen atoms in total. The Hall–Kier alpha value is -1.92. The first-order chi connectivity index (χ1) is 8.44. The molecule has 18 heavy (non-hydrogen) atoms. The zero-order valence-corrected chi connectivity index (χ0v) is 10.7. The first kappa shape index (κ1) is 12.5. The summed E-state index contributed by atoms with van der Waals surface area (Å²) in [7, 11) is 1.68. The Morgan fingerprint density at radius 1 is 1.50 bits per heavy atom. The van der Waals surface area contributed by atoms with E-state index in [1.165, 1.54) is 6.20 Å². The second-order valence-corrected chi connectivity index (χ2v) is 5.06. The SMILES string of the molecule is CNc1ncc([N+](=O)[O-])c(NC(C)(C)C2CC2)n1. The fraction of sp³-hybridized carbons (Fsp3) is 0.636. The highest BCUT2D eigenvalue weighted by atomic mass is 16.6. The smallest absolute Gasteiger partial charge is 0.329 e. The van der Waals surface area contributed by atoms with Gasteiger partial charge in [0.2, 0.25) is 11.8 Å². The third-order valence-corrected chi connectivity index (χ3v) is 3.23. The highest BCUT2D eigenvalue weighted by Crippen LogP contribution is 2.41. The van der Waals surface area contributed by atoms with E-state index in [0.717, 1.165) is 12.8 Å². The standard InChI is InChI=1S/C11H17N5O2/c1-11(2,7-4-5-7)15-9-8(16(17)18)6-13-10(12-3)14-9/h6-7H,4-5H2,1-3H3,(H2,12,13,14,15). The van der Waals surface area contributed by atoms with Crippen LogP contribution in [0.2, 0.25) is 0 Å². The van der Waals surface area contributed by atoms with Crippen molar-refractivity contribution in [1.82, 2.24) is 9.97 Å². The molecule has 2 N–H and O–H groups in total. The highest BCUT2D eigenvalue weighted by molar-refractivity contribution is 5.58. The first-order valence-electron chi connectivity index (χ1n) is 5.91. The predicted molar refractivity (Wildman–Crippen MR) is 68.7 cm³/mol. The van der Waals surface area contributed by atoms with Gasteiger partial charge < -0.3 is 10.6 Å². The zero-order valence-electron chi connectivity index (χ0n) is 10.7. The van der Waals surface area contributed by atoms with Crippen LogP contribution < -0.4 is 10.6 Å². The molecule has 1 aliphatic carbocycles. The number of rotatable bonds is 5. The van der Waals surface area contributed by atoms with Crippen LogP contribution in [0.5, 0.6) is 0 Å². The summed E-state index contributed by atoms with van der Waals surface area (Å²) in [5, 5.41) is 16.9. The maximum atomic E-state index is 11.0. The second kappa shape index (κ2) is 4.40. The molecule has 1 heterocycles. The van der Waals surface area contributed by atoms with E-state index in [1.807, 2.05) is 13.8 Å². The third kappa shape index (κ3) is 2.49. The molecule has 0 amide bonds. The van der Waals surface area contributed by atoms with Crippen LogP contribution in [0.25, 0.3) is 0 Å². The molecule has 0 aromatic carbocycles. The Morgan fingerprint density at radius 3 is 2.67 bits per heavy atom. The number of aromatic nitrogens is 2. The lowest BCUT2D eigenvalue weighted by molar-refractivity contribution is -0.384. The van der Waals surface area contributed by atoms with Crippen molar-refractivity contribution in [3.63, 3.8) is 0 Å². The fourth-order valence-corrected chi connectivity index (χ4v) is 1.93. The van der Waals surface area contributed by atoms with Crippen LogP contribution in [-0.2, 0) is 0 Å². The van der Waals surface area contributed by atoms with Gasteiger partial charge in [-0.3, -0.25) is 10.1 Å². The number of hydrogen-bond acceptors (Lipinski definition) is 6. The molecule has 0 aliphatic heterocycles. The molecule has 7 heteroatoms. The summed E-state index contributed by atoms with van der Waals surface area (Å²) in [5.74, 6) is 1.19. The quantitative estimate of drug-likeness (QED) is 0.614. The van der Waals surface area contributed by atoms with E-state index in [0.29, 0.717) is 11.9 Å². The normalized spacial score (nSPS) is 15.3. The number of nitro groups is 1. The molecule has 0 unspecified atom stereocenters. The van der Waals surface area contributed by atoms with Crippen molar-refractivity contribution >= 4 is 17.5 Å². The van der Waals surface area contributed by atoms with E-state index in [2.05, 4.69) is 20.6 Å². The molecule has 2 rings (SSSR count). The van der Waals surface area contributed by atoms with Crippen molar-refractivity contribution in [1.29, 1.82) is 0 Å². The highest BCUT2D eigenvalue weighted by Gasteiger charge is 2.39. The molecule has 98 valence electrons. The number of hydrogen-bond donors (Lipinski definition) is 2. The van der Waals surface area contributed by atoms with Gasteiger partial charge >= 0.3 is 5.69 Å². The van der Waals surface area contributed by atoms with Crippen LogP contribution in [0, 0.1) is 16.0 Å². The Balaban J connectivity index is 2.31. The molecule has 1 saturated carbocycles. The summed E-state index contributed by atoms with van der Waals surface area (Å²) in [6.07, 6.45) is 3.53. The van der Waals surface area contributed by atoms with Gasteiger partial charge in [-0.2, -0.15) is 4.98 Å². The largest absolute Gasteiger partial charge is 0.359 e. The molecule has 0 bridgehead atoms. The molecule has 1 aliphatic rings. The maximum absolute atomic E-state index is 11.0. The van der Waals surface area contributed by atoms with E-state index in [9.17, 15) is 10.1 Å². The average Bonchev–Trinajstić information content (AvgIpc) is 3.11. The topological polar surface area (TPSA) is 93.0 Å². The minimum atomic E-state index is -0.468. The Bertz CT molecular complexity index is 471. The molecule has 0 saturated heterocycles. The first-order valence-corrected chi connectivity index (χ1v) is 5.91. The number of nitrogens with one attached hydrogen (secondary N) is 2.